The molecule has 5 nitrogen and oxygen atoms in total. The van der Waals surface area contributed by atoms with Crippen molar-refractivity contribution >= 4 is 28.7 Å². The highest BCUT2D eigenvalue weighted by molar-refractivity contribution is 6.32. The van der Waals surface area contributed by atoms with Crippen LogP contribution in [0.25, 0.3) is 22.3 Å². The van der Waals surface area contributed by atoms with E-state index >= 15 is 0 Å². The molecule has 0 unspecified atom stereocenters. The minimum atomic E-state index is -0.353. The van der Waals surface area contributed by atoms with Gasteiger partial charge in [0, 0.05) is 5.56 Å². The molecule has 0 amide bonds. The van der Waals surface area contributed by atoms with Crippen molar-refractivity contribution in [3.63, 3.8) is 0 Å². The molecule has 0 spiro atoms. The molecule has 0 aliphatic rings. The van der Waals surface area contributed by atoms with E-state index in [2.05, 4.69) is 5.10 Å². The van der Waals surface area contributed by atoms with Crippen LogP contribution in [0.15, 0.2) is 82.7 Å². The monoisotopic (exact) mass is 431 g/mol. The molecule has 0 aliphatic heterocycles. The molecule has 0 radical (unpaired) electrons. The zero-order valence-electron chi connectivity index (χ0n) is 17.5. The van der Waals surface area contributed by atoms with E-state index in [1.807, 2.05) is 75.4 Å². The lowest BCUT2D eigenvalue weighted by Crippen LogP contribution is -2.23. The van der Waals surface area contributed by atoms with E-state index in [1.165, 1.54) is 4.68 Å². The Morgan fingerprint density at radius 1 is 1.00 bits per heavy atom. The highest BCUT2D eigenvalue weighted by Crippen LogP contribution is 2.28. The molecule has 0 atom stereocenters. The van der Waals surface area contributed by atoms with Crippen LogP contribution in [0.4, 0.5) is 0 Å². The van der Waals surface area contributed by atoms with Crippen molar-refractivity contribution < 1.29 is 4.74 Å². The summed E-state index contributed by atoms with van der Waals surface area (Å²) in [7, 11) is 0. The number of nitrogens with zero attached hydrogens (tertiary/aromatic N) is 3. The van der Waals surface area contributed by atoms with Crippen molar-refractivity contribution in [2.75, 3.05) is 0 Å². The summed E-state index contributed by atoms with van der Waals surface area (Å²) >= 11 is 6.39. The van der Waals surface area contributed by atoms with Gasteiger partial charge in [-0.3, -0.25) is 4.79 Å². The SMILES string of the molecule is CC(C)(C)Oc1ccc(C=Nn2c(-c3ccccc3)nc3ccccc3c2=O)cc1Cl. The Morgan fingerprint density at radius 2 is 1.71 bits per heavy atom. The van der Waals surface area contributed by atoms with Gasteiger partial charge in [0.2, 0.25) is 0 Å². The highest BCUT2D eigenvalue weighted by Gasteiger charge is 2.15. The maximum absolute atomic E-state index is 13.2. The summed E-state index contributed by atoms with van der Waals surface area (Å²) < 4.78 is 7.18. The Kier molecular flexibility index (Phi) is 5.61. The Hall–Kier alpha value is -3.44. The number of benzene rings is 3. The minimum Gasteiger partial charge on any atom is -0.487 e. The van der Waals surface area contributed by atoms with E-state index in [0.29, 0.717) is 27.5 Å². The molecule has 0 N–H and O–H groups in total. The lowest BCUT2D eigenvalue weighted by Gasteiger charge is -2.22. The van der Waals surface area contributed by atoms with Crippen molar-refractivity contribution in [2.45, 2.75) is 26.4 Å². The normalized spacial score (nSPS) is 11.9. The molecule has 4 aromatic rings. The van der Waals surface area contributed by atoms with Gasteiger partial charge in [0.1, 0.15) is 11.4 Å². The fourth-order valence-electron chi connectivity index (χ4n) is 3.14. The van der Waals surface area contributed by atoms with Gasteiger partial charge in [-0.15, -0.1) is 0 Å². The molecular weight excluding hydrogens is 410 g/mol. The highest BCUT2D eigenvalue weighted by atomic mass is 35.5. The summed E-state index contributed by atoms with van der Waals surface area (Å²) in [5, 5.41) is 5.45. The summed E-state index contributed by atoms with van der Waals surface area (Å²) in [6.45, 7) is 5.88. The van der Waals surface area contributed by atoms with Crippen molar-refractivity contribution in [2.24, 2.45) is 5.10 Å². The Bertz CT molecular complexity index is 1320. The quantitative estimate of drug-likeness (QED) is 0.385. The van der Waals surface area contributed by atoms with Crippen LogP contribution in [0.1, 0.15) is 26.3 Å². The average molecular weight is 432 g/mol. The number of para-hydroxylation sites is 1. The second-order valence-corrected chi connectivity index (χ2v) is 8.49. The molecule has 1 heterocycles. The topological polar surface area (TPSA) is 56.5 Å². The number of hydrogen-bond donors (Lipinski definition) is 0. The molecule has 0 aliphatic carbocycles. The van der Waals surface area contributed by atoms with E-state index in [-0.39, 0.29) is 11.2 Å². The first-order valence-corrected chi connectivity index (χ1v) is 10.3. The Labute approximate surface area is 185 Å². The van der Waals surface area contributed by atoms with Crippen LogP contribution < -0.4 is 10.3 Å². The maximum atomic E-state index is 13.2. The maximum Gasteiger partial charge on any atom is 0.282 e. The van der Waals surface area contributed by atoms with E-state index in [0.717, 1.165) is 11.1 Å². The van der Waals surface area contributed by atoms with Gasteiger partial charge in [-0.1, -0.05) is 54.1 Å². The average Bonchev–Trinajstić information content (AvgIpc) is 2.74. The van der Waals surface area contributed by atoms with Crippen LogP contribution >= 0.6 is 11.6 Å². The van der Waals surface area contributed by atoms with Crippen molar-refractivity contribution in [1.82, 2.24) is 9.66 Å². The van der Waals surface area contributed by atoms with Crippen LogP contribution in [0.3, 0.4) is 0 Å². The summed E-state index contributed by atoms with van der Waals surface area (Å²) in [6.07, 6.45) is 1.59. The van der Waals surface area contributed by atoms with Gasteiger partial charge < -0.3 is 4.74 Å². The molecule has 4 rings (SSSR count). The molecule has 0 bridgehead atoms. The van der Waals surface area contributed by atoms with E-state index in [1.54, 1.807) is 24.4 Å². The molecule has 3 aromatic carbocycles. The lowest BCUT2D eigenvalue weighted by molar-refractivity contribution is 0.131. The molecular formula is C25H22ClN3O2. The van der Waals surface area contributed by atoms with Crippen LogP contribution in [-0.2, 0) is 0 Å². The van der Waals surface area contributed by atoms with Crippen molar-refractivity contribution in [3.8, 4) is 17.1 Å². The third kappa shape index (κ3) is 4.67. The third-order valence-corrected chi connectivity index (χ3v) is 4.78. The number of rotatable bonds is 4. The molecule has 1 aromatic heterocycles. The number of hydrogen-bond acceptors (Lipinski definition) is 4. The van der Waals surface area contributed by atoms with Gasteiger partial charge >= 0.3 is 0 Å². The van der Waals surface area contributed by atoms with Gasteiger partial charge in [0.05, 0.1) is 22.1 Å². The van der Waals surface area contributed by atoms with Gasteiger partial charge in [0.15, 0.2) is 5.82 Å². The molecule has 0 saturated carbocycles. The van der Waals surface area contributed by atoms with Gasteiger partial charge in [-0.2, -0.15) is 9.78 Å². The Morgan fingerprint density at radius 3 is 2.42 bits per heavy atom. The third-order valence-electron chi connectivity index (χ3n) is 4.48. The largest absolute Gasteiger partial charge is 0.487 e. The first-order chi connectivity index (χ1) is 14.8. The second-order valence-electron chi connectivity index (χ2n) is 8.08. The molecule has 0 saturated heterocycles. The number of aromatic nitrogens is 2. The summed E-state index contributed by atoms with van der Waals surface area (Å²) in [4.78, 5) is 17.9. The second kappa shape index (κ2) is 8.36. The van der Waals surface area contributed by atoms with Gasteiger partial charge in [0.25, 0.3) is 5.56 Å². The zero-order chi connectivity index (χ0) is 22.0. The zero-order valence-corrected chi connectivity index (χ0v) is 18.3. The number of halogens is 1. The van der Waals surface area contributed by atoms with Crippen LogP contribution in [0.2, 0.25) is 5.02 Å². The van der Waals surface area contributed by atoms with E-state index in [9.17, 15) is 4.79 Å². The summed E-state index contributed by atoms with van der Waals surface area (Å²) in [6, 6.07) is 22.2. The van der Waals surface area contributed by atoms with Crippen molar-refractivity contribution in [1.29, 1.82) is 0 Å². The predicted molar refractivity (Wildman–Crippen MR) is 126 cm³/mol. The standard InChI is InChI=1S/C25H22ClN3O2/c1-25(2,3)31-22-14-13-17(15-20(22)26)16-27-29-23(18-9-5-4-6-10-18)28-21-12-8-7-11-19(21)24(29)30/h4-16H,1-3H3. The minimum absolute atomic E-state index is 0.237. The first kappa shape index (κ1) is 20.8. The Balaban J connectivity index is 1.79. The van der Waals surface area contributed by atoms with Crippen molar-refractivity contribution in [3.05, 3.63) is 93.7 Å². The first-order valence-electron chi connectivity index (χ1n) is 9.92. The molecule has 156 valence electrons. The van der Waals surface area contributed by atoms with Crippen LogP contribution in [0, 0.1) is 0 Å². The predicted octanol–water partition coefficient (Wildman–Crippen LogP) is 5.78. The summed E-state index contributed by atoms with van der Waals surface area (Å²) in [5.41, 5.74) is 1.58. The lowest BCUT2D eigenvalue weighted by atomic mass is 10.2. The van der Waals surface area contributed by atoms with Crippen LogP contribution in [-0.4, -0.2) is 21.5 Å². The van der Waals surface area contributed by atoms with E-state index < -0.39 is 0 Å². The number of ether oxygens (including phenoxy) is 1. The van der Waals surface area contributed by atoms with E-state index in [4.69, 9.17) is 21.3 Å². The fraction of sp³-hybridized carbons (Fsp3) is 0.160. The van der Waals surface area contributed by atoms with Gasteiger partial charge in [-0.05, 0) is 56.7 Å². The smallest absolute Gasteiger partial charge is 0.282 e. The molecule has 0 fully saturated rings. The molecule has 31 heavy (non-hydrogen) atoms. The summed E-state index contributed by atoms with van der Waals surface area (Å²) in [5.74, 6) is 1.07. The van der Waals surface area contributed by atoms with Gasteiger partial charge in [-0.25, -0.2) is 4.98 Å². The number of fused-ring (bicyclic) bond motifs is 1. The van der Waals surface area contributed by atoms with Crippen LogP contribution in [0.5, 0.6) is 5.75 Å². The fourth-order valence-corrected chi connectivity index (χ4v) is 3.37. The molecule has 6 heteroatoms.